The molecule has 0 spiro atoms. The molecule has 14 heavy (non-hydrogen) atoms. The zero-order chi connectivity index (χ0) is 10.4. The third kappa shape index (κ3) is 3.40. The molecular formula is C9H14N4O. The van der Waals surface area contributed by atoms with E-state index in [0.717, 1.165) is 12.1 Å². The van der Waals surface area contributed by atoms with Gasteiger partial charge in [0.1, 0.15) is 0 Å². The predicted molar refractivity (Wildman–Crippen MR) is 54.0 cm³/mol. The SMILES string of the molecule is CN(C/C(N)=N/O)Cc1cccnc1. The van der Waals surface area contributed by atoms with Gasteiger partial charge in [-0.3, -0.25) is 9.88 Å². The lowest BCUT2D eigenvalue weighted by Crippen LogP contribution is -2.30. The molecule has 5 nitrogen and oxygen atoms in total. The number of amidine groups is 1. The normalized spacial score (nSPS) is 12.0. The van der Waals surface area contributed by atoms with Crippen molar-refractivity contribution < 1.29 is 5.21 Å². The van der Waals surface area contributed by atoms with Gasteiger partial charge in [0.15, 0.2) is 5.84 Å². The van der Waals surface area contributed by atoms with Gasteiger partial charge < -0.3 is 10.9 Å². The van der Waals surface area contributed by atoms with Crippen molar-refractivity contribution in [1.29, 1.82) is 0 Å². The van der Waals surface area contributed by atoms with Gasteiger partial charge in [-0.25, -0.2) is 0 Å². The summed E-state index contributed by atoms with van der Waals surface area (Å²) in [5, 5.41) is 11.3. The Balaban J connectivity index is 2.45. The molecule has 0 bridgehead atoms. The number of nitrogens with zero attached hydrogens (tertiary/aromatic N) is 3. The van der Waals surface area contributed by atoms with Crippen molar-refractivity contribution >= 4 is 5.84 Å². The molecule has 0 saturated carbocycles. The van der Waals surface area contributed by atoms with Gasteiger partial charge >= 0.3 is 0 Å². The fraction of sp³-hybridized carbons (Fsp3) is 0.333. The summed E-state index contributed by atoms with van der Waals surface area (Å²) in [5.74, 6) is 0.205. The van der Waals surface area contributed by atoms with Crippen LogP contribution in [0.4, 0.5) is 0 Å². The van der Waals surface area contributed by atoms with Gasteiger partial charge in [0.2, 0.25) is 0 Å². The van der Waals surface area contributed by atoms with Crippen molar-refractivity contribution in [3.8, 4) is 0 Å². The number of oxime groups is 1. The summed E-state index contributed by atoms with van der Waals surface area (Å²) in [6.45, 7) is 1.16. The van der Waals surface area contributed by atoms with Crippen LogP contribution in [0.15, 0.2) is 29.7 Å². The summed E-state index contributed by atoms with van der Waals surface area (Å²) in [6, 6.07) is 3.86. The van der Waals surface area contributed by atoms with Crippen molar-refractivity contribution in [2.75, 3.05) is 13.6 Å². The van der Waals surface area contributed by atoms with Crippen LogP contribution in [-0.4, -0.2) is 34.5 Å². The maximum atomic E-state index is 8.37. The van der Waals surface area contributed by atoms with E-state index in [-0.39, 0.29) is 5.84 Å². The molecule has 0 atom stereocenters. The van der Waals surface area contributed by atoms with Crippen LogP contribution in [0.3, 0.4) is 0 Å². The van der Waals surface area contributed by atoms with Crippen LogP contribution < -0.4 is 5.73 Å². The molecule has 0 aliphatic heterocycles. The Bertz CT molecular complexity index is 299. The standard InChI is InChI=1S/C9H14N4O/c1-13(7-9(10)12-14)6-8-3-2-4-11-5-8/h2-5,14H,6-7H2,1H3,(H2,10,12). The van der Waals surface area contributed by atoms with Gasteiger partial charge in [-0.05, 0) is 18.7 Å². The number of aromatic nitrogens is 1. The quantitative estimate of drug-likeness (QED) is 0.312. The van der Waals surface area contributed by atoms with Crippen LogP contribution in [0.5, 0.6) is 0 Å². The topological polar surface area (TPSA) is 74.7 Å². The van der Waals surface area contributed by atoms with Crippen LogP contribution in [-0.2, 0) is 6.54 Å². The highest BCUT2D eigenvalue weighted by Crippen LogP contribution is 1.99. The van der Waals surface area contributed by atoms with E-state index >= 15 is 0 Å². The first-order valence-corrected chi connectivity index (χ1v) is 4.26. The van der Waals surface area contributed by atoms with Gasteiger partial charge in [-0.2, -0.15) is 0 Å². The average molecular weight is 194 g/mol. The second-order valence-corrected chi connectivity index (χ2v) is 3.12. The summed E-state index contributed by atoms with van der Waals surface area (Å²) >= 11 is 0. The Morgan fingerprint density at radius 2 is 2.50 bits per heavy atom. The molecule has 0 aliphatic carbocycles. The Morgan fingerprint density at radius 3 is 3.07 bits per heavy atom. The lowest BCUT2D eigenvalue weighted by atomic mass is 10.3. The van der Waals surface area contributed by atoms with Crippen LogP contribution in [0.25, 0.3) is 0 Å². The minimum Gasteiger partial charge on any atom is -0.409 e. The second kappa shape index (κ2) is 5.18. The van der Waals surface area contributed by atoms with Crippen molar-refractivity contribution in [2.45, 2.75) is 6.54 Å². The third-order valence-corrected chi connectivity index (χ3v) is 1.74. The van der Waals surface area contributed by atoms with E-state index in [4.69, 9.17) is 10.9 Å². The molecule has 3 N–H and O–H groups in total. The van der Waals surface area contributed by atoms with Crippen LogP contribution in [0.1, 0.15) is 5.56 Å². The largest absolute Gasteiger partial charge is 0.409 e. The minimum absolute atomic E-state index is 0.205. The molecule has 0 aromatic carbocycles. The minimum atomic E-state index is 0.205. The average Bonchev–Trinajstić information content (AvgIpc) is 2.19. The molecule has 1 aromatic heterocycles. The number of nitrogens with two attached hydrogens (primary N) is 1. The zero-order valence-electron chi connectivity index (χ0n) is 8.09. The van der Waals surface area contributed by atoms with E-state index in [9.17, 15) is 0 Å². The molecule has 5 heteroatoms. The highest BCUT2D eigenvalue weighted by molar-refractivity contribution is 5.81. The van der Waals surface area contributed by atoms with Gasteiger partial charge in [-0.1, -0.05) is 11.2 Å². The fourth-order valence-electron chi connectivity index (χ4n) is 1.17. The van der Waals surface area contributed by atoms with Crippen molar-refractivity contribution in [1.82, 2.24) is 9.88 Å². The first-order valence-electron chi connectivity index (χ1n) is 4.26. The van der Waals surface area contributed by atoms with E-state index in [2.05, 4.69) is 10.1 Å². The molecular weight excluding hydrogens is 180 g/mol. The zero-order valence-corrected chi connectivity index (χ0v) is 8.09. The summed E-state index contributed by atoms with van der Waals surface area (Å²) in [6.07, 6.45) is 3.52. The number of hydrogen-bond donors (Lipinski definition) is 2. The van der Waals surface area contributed by atoms with Crippen molar-refractivity contribution in [2.24, 2.45) is 10.9 Å². The fourth-order valence-corrected chi connectivity index (χ4v) is 1.17. The molecule has 0 fully saturated rings. The maximum absolute atomic E-state index is 8.37. The Hall–Kier alpha value is -1.62. The lowest BCUT2D eigenvalue weighted by molar-refractivity contribution is 0.308. The second-order valence-electron chi connectivity index (χ2n) is 3.12. The molecule has 76 valence electrons. The van der Waals surface area contributed by atoms with Crippen molar-refractivity contribution in [3.63, 3.8) is 0 Å². The maximum Gasteiger partial charge on any atom is 0.153 e. The number of rotatable bonds is 4. The number of likely N-dealkylation sites (N-methyl/N-ethyl adjacent to an activating group) is 1. The van der Waals surface area contributed by atoms with E-state index < -0.39 is 0 Å². The number of pyridine rings is 1. The monoisotopic (exact) mass is 194 g/mol. The molecule has 0 amide bonds. The summed E-state index contributed by atoms with van der Waals surface area (Å²) in [5.41, 5.74) is 6.47. The highest BCUT2D eigenvalue weighted by Gasteiger charge is 2.02. The smallest absolute Gasteiger partial charge is 0.153 e. The lowest BCUT2D eigenvalue weighted by Gasteiger charge is -2.14. The van der Waals surface area contributed by atoms with Crippen LogP contribution in [0, 0.1) is 0 Å². The van der Waals surface area contributed by atoms with Gasteiger partial charge in [-0.15, -0.1) is 0 Å². The summed E-state index contributed by atoms with van der Waals surface area (Å²) in [4.78, 5) is 5.94. The van der Waals surface area contributed by atoms with Gasteiger partial charge in [0.25, 0.3) is 0 Å². The van der Waals surface area contributed by atoms with E-state index in [0.29, 0.717) is 6.54 Å². The Kier molecular flexibility index (Phi) is 3.87. The molecule has 1 heterocycles. The summed E-state index contributed by atoms with van der Waals surface area (Å²) in [7, 11) is 1.89. The molecule has 0 aliphatic rings. The van der Waals surface area contributed by atoms with Gasteiger partial charge in [0, 0.05) is 18.9 Å². The molecule has 1 aromatic rings. The molecule has 0 unspecified atom stereocenters. The number of hydrogen-bond acceptors (Lipinski definition) is 4. The Morgan fingerprint density at radius 1 is 1.71 bits per heavy atom. The first kappa shape index (κ1) is 10.5. The van der Waals surface area contributed by atoms with Crippen LogP contribution >= 0.6 is 0 Å². The predicted octanol–water partition coefficient (Wildman–Crippen LogP) is 0.260. The van der Waals surface area contributed by atoms with E-state index in [1.54, 1.807) is 12.4 Å². The first-order chi connectivity index (χ1) is 6.72. The van der Waals surface area contributed by atoms with Crippen molar-refractivity contribution in [3.05, 3.63) is 30.1 Å². The summed E-state index contributed by atoms with van der Waals surface area (Å²) < 4.78 is 0. The van der Waals surface area contributed by atoms with Gasteiger partial charge in [0.05, 0.1) is 6.54 Å². The Labute approximate surface area is 82.9 Å². The molecule has 0 radical (unpaired) electrons. The van der Waals surface area contributed by atoms with E-state index in [1.165, 1.54) is 0 Å². The molecule has 0 saturated heterocycles. The third-order valence-electron chi connectivity index (χ3n) is 1.74. The highest BCUT2D eigenvalue weighted by atomic mass is 16.4. The molecule has 1 rings (SSSR count). The van der Waals surface area contributed by atoms with E-state index in [1.807, 2.05) is 24.1 Å². The van der Waals surface area contributed by atoms with Crippen LogP contribution in [0.2, 0.25) is 0 Å².